The Balaban J connectivity index is -0.00000000500. The SMILES string of the molecule is [LiH].[MgH2].[O]=[Ni]. The molecule has 0 fully saturated rings. The molecule has 0 saturated carbocycles. The normalized spacial score (nSPS) is 1.50. The molecule has 22 valence electrons. The van der Waals surface area contributed by atoms with Gasteiger partial charge in [0.25, 0.3) is 0 Å². The maximum atomic E-state index is 7.88. The molecular formula is H3LiMgNiO. The molecule has 4 heteroatoms. The van der Waals surface area contributed by atoms with Crippen LogP contribution in [0.4, 0.5) is 0 Å². The Labute approximate surface area is 60.8 Å². The van der Waals surface area contributed by atoms with Gasteiger partial charge in [-0.2, -0.15) is 0 Å². The summed E-state index contributed by atoms with van der Waals surface area (Å²) < 4.78 is 7.88. The molecule has 0 aliphatic carbocycles. The predicted molar refractivity (Wildman–Crippen MR) is 16.4 cm³/mol. The van der Waals surface area contributed by atoms with Gasteiger partial charge in [0, 0.05) is 0 Å². The van der Waals surface area contributed by atoms with Gasteiger partial charge >= 0.3 is 61.2 Å². The van der Waals surface area contributed by atoms with Crippen molar-refractivity contribution in [2.45, 2.75) is 0 Å². The van der Waals surface area contributed by atoms with Gasteiger partial charge in [0.05, 0.1) is 0 Å². The zero-order valence-corrected chi connectivity index (χ0v) is 1.71. The minimum atomic E-state index is 0. The van der Waals surface area contributed by atoms with Crippen LogP contribution in [0.25, 0.3) is 0 Å². The summed E-state index contributed by atoms with van der Waals surface area (Å²) in [4.78, 5) is 0. The molecule has 0 radical (unpaired) electrons. The van der Waals surface area contributed by atoms with Crippen molar-refractivity contribution >= 4 is 41.9 Å². The summed E-state index contributed by atoms with van der Waals surface area (Å²) >= 11 is 2.62. The van der Waals surface area contributed by atoms with Gasteiger partial charge in [0.15, 0.2) is 0 Å². The molecule has 1 nitrogen and oxygen atoms in total. The Morgan fingerprint density at radius 2 is 1.25 bits per heavy atom. The summed E-state index contributed by atoms with van der Waals surface area (Å²) in [5.74, 6) is 0. The average molecular weight is 109 g/mol. The second-order valence-electron chi connectivity index (χ2n) is 0. The van der Waals surface area contributed by atoms with E-state index in [1.807, 2.05) is 0 Å². The standard InChI is InChI=1S/Li.Mg.Ni.O.3H. The number of hydrogen-bond donors (Lipinski definition) is 0. The molecule has 0 aliphatic heterocycles. The van der Waals surface area contributed by atoms with Crippen LogP contribution in [0, 0.1) is 0 Å². The van der Waals surface area contributed by atoms with Gasteiger partial charge in [-0.15, -0.1) is 0 Å². The minimum absolute atomic E-state index is 0. The van der Waals surface area contributed by atoms with Crippen LogP contribution in [0.1, 0.15) is 0 Å². The van der Waals surface area contributed by atoms with E-state index in [1.165, 1.54) is 0 Å². The molecule has 0 N–H and O–H groups in total. The fourth-order valence-electron chi connectivity index (χ4n) is 0. The molecule has 0 rings (SSSR count). The van der Waals surface area contributed by atoms with E-state index in [1.54, 1.807) is 0 Å². The fraction of sp³-hybridized carbons (Fsp3) is 0. The van der Waals surface area contributed by atoms with Crippen LogP contribution in [0.15, 0.2) is 0 Å². The molecule has 0 amide bonds. The quantitative estimate of drug-likeness (QED) is 0.339. The Morgan fingerprint density at radius 3 is 1.25 bits per heavy atom. The van der Waals surface area contributed by atoms with Crippen molar-refractivity contribution < 1.29 is 19.3 Å². The number of hydrogen-bond acceptors (Lipinski definition) is 1. The molecule has 0 heterocycles. The van der Waals surface area contributed by atoms with Crippen LogP contribution in [-0.2, 0) is 19.3 Å². The van der Waals surface area contributed by atoms with E-state index in [2.05, 4.69) is 15.4 Å². The second kappa shape index (κ2) is 22.7. The summed E-state index contributed by atoms with van der Waals surface area (Å²) in [5.41, 5.74) is 0. The van der Waals surface area contributed by atoms with Crippen LogP contribution in [-0.4, -0.2) is 41.9 Å². The van der Waals surface area contributed by atoms with Crippen molar-refractivity contribution in [3.8, 4) is 0 Å². The summed E-state index contributed by atoms with van der Waals surface area (Å²) in [6.45, 7) is 0. The van der Waals surface area contributed by atoms with Crippen molar-refractivity contribution in [3.63, 3.8) is 0 Å². The van der Waals surface area contributed by atoms with Crippen molar-refractivity contribution in [2.24, 2.45) is 0 Å². The summed E-state index contributed by atoms with van der Waals surface area (Å²) in [5, 5.41) is 0. The molecule has 0 saturated heterocycles. The first-order valence-electron chi connectivity index (χ1n) is 0.129. The van der Waals surface area contributed by atoms with E-state index in [9.17, 15) is 0 Å². The summed E-state index contributed by atoms with van der Waals surface area (Å²) in [6, 6.07) is 0. The van der Waals surface area contributed by atoms with Crippen LogP contribution >= 0.6 is 0 Å². The molecule has 0 unspecified atom stereocenters. The molecule has 0 aromatic carbocycles. The Morgan fingerprint density at radius 1 is 1.25 bits per heavy atom. The third-order valence-corrected chi connectivity index (χ3v) is 0. The Hall–Kier alpha value is 1.66. The molecule has 0 atom stereocenters. The van der Waals surface area contributed by atoms with Crippen LogP contribution < -0.4 is 0 Å². The summed E-state index contributed by atoms with van der Waals surface area (Å²) in [6.07, 6.45) is 0. The second-order valence-corrected chi connectivity index (χ2v) is 0. The van der Waals surface area contributed by atoms with E-state index in [-0.39, 0.29) is 41.9 Å². The van der Waals surface area contributed by atoms with Gasteiger partial charge < -0.3 is 0 Å². The first kappa shape index (κ1) is 17.4. The zero-order chi connectivity index (χ0) is 2.00. The van der Waals surface area contributed by atoms with Crippen molar-refractivity contribution in [1.29, 1.82) is 0 Å². The predicted octanol–water partition coefficient (Wildman–Crippen LogP) is -1.69. The zero-order valence-electron chi connectivity index (χ0n) is 0.724. The number of rotatable bonds is 0. The van der Waals surface area contributed by atoms with Crippen LogP contribution in [0.3, 0.4) is 0 Å². The topological polar surface area (TPSA) is 17.1 Å². The van der Waals surface area contributed by atoms with E-state index in [0.717, 1.165) is 0 Å². The van der Waals surface area contributed by atoms with E-state index in [0.29, 0.717) is 0 Å². The molecular weight excluding hydrogens is 106 g/mol. The Kier molecular flexibility index (Phi) is 98.5. The van der Waals surface area contributed by atoms with Gasteiger partial charge in [0.1, 0.15) is 0 Å². The van der Waals surface area contributed by atoms with E-state index < -0.39 is 0 Å². The molecule has 4 heavy (non-hydrogen) atoms. The first-order valence-corrected chi connectivity index (χ1v) is 0.532. The molecule has 0 bridgehead atoms. The van der Waals surface area contributed by atoms with Crippen LogP contribution in [0.5, 0.6) is 0 Å². The molecule has 0 aromatic heterocycles. The Bertz CT molecular complexity index is 8.00. The molecule has 0 aliphatic rings. The summed E-state index contributed by atoms with van der Waals surface area (Å²) in [7, 11) is 0. The maximum absolute atomic E-state index is 7.88. The third-order valence-electron chi connectivity index (χ3n) is 0. The molecule has 0 spiro atoms. The van der Waals surface area contributed by atoms with Crippen molar-refractivity contribution in [2.75, 3.05) is 0 Å². The third kappa shape index (κ3) is 9.40. The van der Waals surface area contributed by atoms with Gasteiger partial charge in [0.2, 0.25) is 0 Å². The van der Waals surface area contributed by atoms with E-state index in [4.69, 9.17) is 3.90 Å². The van der Waals surface area contributed by atoms with Gasteiger partial charge in [-0.25, -0.2) is 0 Å². The van der Waals surface area contributed by atoms with E-state index >= 15 is 0 Å². The monoisotopic (exact) mass is 108 g/mol. The van der Waals surface area contributed by atoms with Gasteiger partial charge in [-0.1, -0.05) is 0 Å². The fourth-order valence-corrected chi connectivity index (χ4v) is 0. The van der Waals surface area contributed by atoms with Crippen molar-refractivity contribution in [3.05, 3.63) is 0 Å². The first-order chi connectivity index (χ1) is 1.00. The van der Waals surface area contributed by atoms with Gasteiger partial charge in [-0.05, 0) is 0 Å². The molecule has 0 aromatic rings. The van der Waals surface area contributed by atoms with Gasteiger partial charge in [-0.3, -0.25) is 0 Å². The average Bonchev–Trinajstić information content (AvgIpc) is 1.00. The van der Waals surface area contributed by atoms with Crippen molar-refractivity contribution in [1.82, 2.24) is 0 Å². The van der Waals surface area contributed by atoms with Crippen LogP contribution in [0.2, 0.25) is 0 Å².